The van der Waals surface area contributed by atoms with E-state index in [0.29, 0.717) is 21.4 Å². The highest BCUT2D eigenvalue weighted by Crippen LogP contribution is 2.33. The minimum atomic E-state index is -0.326. The van der Waals surface area contributed by atoms with Crippen LogP contribution in [0.5, 0.6) is 0 Å². The fraction of sp³-hybridized carbons (Fsp3) is 0.0714. The van der Waals surface area contributed by atoms with E-state index < -0.39 is 0 Å². The number of halogens is 3. The lowest BCUT2D eigenvalue weighted by atomic mass is 10.1. The lowest BCUT2D eigenvalue weighted by Gasteiger charge is -2.08. The zero-order valence-electron chi connectivity index (χ0n) is 10.7. The van der Waals surface area contributed by atoms with E-state index in [1.807, 2.05) is 12.1 Å². The number of thioether (sulfide) groups is 1. The van der Waals surface area contributed by atoms with Gasteiger partial charge in [0.25, 0.3) is 5.91 Å². The van der Waals surface area contributed by atoms with E-state index in [2.05, 4.69) is 21.4 Å². The van der Waals surface area contributed by atoms with Gasteiger partial charge in [0.15, 0.2) is 0 Å². The first kappa shape index (κ1) is 16.6. The fourth-order valence-corrected chi connectivity index (χ4v) is 3.83. The van der Waals surface area contributed by atoms with Crippen LogP contribution in [0.25, 0.3) is 0 Å². The first-order valence-electron chi connectivity index (χ1n) is 5.88. The van der Waals surface area contributed by atoms with Gasteiger partial charge in [0.2, 0.25) is 0 Å². The summed E-state index contributed by atoms with van der Waals surface area (Å²) in [5.74, 6) is 5.48. The average Bonchev–Trinajstić information content (AvgIpc) is 2.48. The van der Waals surface area contributed by atoms with E-state index >= 15 is 0 Å². The summed E-state index contributed by atoms with van der Waals surface area (Å²) in [4.78, 5) is 12.4. The first-order valence-corrected chi connectivity index (χ1v) is 8.42. The molecule has 0 fully saturated rings. The van der Waals surface area contributed by atoms with E-state index in [1.54, 1.807) is 36.0 Å². The van der Waals surface area contributed by atoms with E-state index in [9.17, 15) is 4.79 Å². The Morgan fingerprint density at radius 1 is 1.24 bits per heavy atom. The molecule has 0 aliphatic carbocycles. The van der Waals surface area contributed by atoms with Crippen LogP contribution < -0.4 is 11.3 Å². The van der Waals surface area contributed by atoms with E-state index in [1.165, 1.54) is 0 Å². The smallest absolute Gasteiger partial charge is 0.265 e. The lowest BCUT2D eigenvalue weighted by Crippen LogP contribution is -2.29. The van der Waals surface area contributed by atoms with Gasteiger partial charge in [-0.3, -0.25) is 10.2 Å². The summed E-state index contributed by atoms with van der Waals surface area (Å²) < 4.78 is 0.842. The molecule has 0 bridgehead atoms. The predicted octanol–water partition coefficient (Wildman–Crippen LogP) is 4.65. The molecule has 0 radical (unpaired) electrons. The molecule has 0 unspecified atom stereocenters. The van der Waals surface area contributed by atoms with Crippen LogP contribution in [0.1, 0.15) is 15.9 Å². The molecule has 0 saturated carbocycles. The van der Waals surface area contributed by atoms with Gasteiger partial charge in [-0.1, -0.05) is 45.2 Å². The maximum atomic E-state index is 11.4. The first-order chi connectivity index (χ1) is 10.0. The Labute approximate surface area is 145 Å². The average molecular weight is 406 g/mol. The zero-order valence-corrected chi connectivity index (χ0v) is 14.6. The van der Waals surface area contributed by atoms with E-state index in [0.717, 1.165) is 14.9 Å². The Hall–Kier alpha value is -0.720. The summed E-state index contributed by atoms with van der Waals surface area (Å²) in [6.45, 7) is 0. The van der Waals surface area contributed by atoms with Gasteiger partial charge in [-0.2, -0.15) is 0 Å². The Balaban J connectivity index is 2.13. The third-order valence-electron chi connectivity index (χ3n) is 2.72. The zero-order chi connectivity index (χ0) is 15.4. The quantitative estimate of drug-likeness (QED) is 0.337. The second kappa shape index (κ2) is 7.51. The van der Waals surface area contributed by atoms with Crippen LogP contribution in [0, 0.1) is 0 Å². The molecule has 2 aromatic rings. The number of nitrogens with one attached hydrogen (secondary N) is 1. The molecule has 21 heavy (non-hydrogen) atoms. The second-order valence-electron chi connectivity index (χ2n) is 4.14. The van der Waals surface area contributed by atoms with Gasteiger partial charge in [-0.05, 0) is 35.9 Å². The van der Waals surface area contributed by atoms with Crippen molar-refractivity contribution >= 4 is 56.8 Å². The largest absolute Gasteiger partial charge is 0.290 e. The van der Waals surface area contributed by atoms with Crippen molar-refractivity contribution in [2.45, 2.75) is 10.6 Å². The Morgan fingerprint density at radius 3 is 2.67 bits per heavy atom. The number of carbonyl (C=O) groups excluding carboxylic acids is 1. The number of hydrazine groups is 1. The molecular weight excluding hydrogens is 395 g/mol. The highest BCUT2D eigenvalue weighted by molar-refractivity contribution is 9.10. The summed E-state index contributed by atoms with van der Waals surface area (Å²) in [6, 6.07) is 10.7. The van der Waals surface area contributed by atoms with Crippen LogP contribution in [-0.2, 0) is 5.75 Å². The highest BCUT2D eigenvalue weighted by Gasteiger charge is 2.09. The van der Waals surface area contributed by atoms with E-state index in [4.69, 9.17) is 29.0 Å². The van der Waals surface area contributed by atoms with Crippen LogP contribution in [-0.4, -0.2) is 5.91 Å². The van der Waals surface area contributed by atoms with Gasteiger partial charge in [0.05, 0.1) is 5.02 Å². The third kappa shape index (κ3) is 4.37. The molecule has 0 aromatic heterocycles. The maximum absolute atomic E-state index is 11.4. The van der Waals surface area contributed by atoms with Crippen molar-refractivity contribution < 1.29 is 4.79 Å². The molecule has 0 aliphatic rings. The Kier molecular flexibility index (Phi) is 5.96. The van der Waals surface area contributed by atoms with Crippen molar-refractivity contribution in [1.29, 1.82) is 0 Å². The molecular formula is C14H11BrCl2N2OS. The minimum Gasteiger partial charge on any atom is -0.290 e. The molecule has 2 aromatic carbocycles. The molecule has 0 aliphatic heterocycles. The summed E-state index contributed by atoms with van der Waals surface area (Å²) in [6.07, 6.45) is 0. The van der Waals surface area contributed by atoms with Crippen LogP contribution >= 0.6 is 50.9 Å². The van der Waals surface area contributed by atoms with Crippen molar-refractivity contribution in [2.24, 2.45) is 5.84 Å². The number of carbonyl (C=O) groups is 1. The van der Waals surface area contributed by atoms with Crippen LogP contribution in [0.2, 0.25) is 10.0 Å². The number of amides is 1. The molecule has 7 heteroatoms. The number of hydrogen-bond acceptors (Lipinski definition) is 3. The molecule has 110 valence electrons. The second-order valence-corrected chi connectivity index (χ2v) is 6.86. The van der Waals surface area contributed by atoms with Crippen LogP contribution in [0.3, 0.4) is 0 Å². The topological polar surface area (TPSA) is 55.1 Å². The summed E-state index contributed by atoms with van der Waals surface area (Å²) in [5.41, 5.74) is 3.65. The van der Waals surface area contributed by atoms with Gasteiger partial charge in [-0.15, -0.1) is 11.8 Å². The molecule has 0 heterocycles. The molecule has 1 amide bonds. The molecule has 3 N–H and O–H groups in total. The molecule has 3 nitrogen and oxygen atoms in total. The van der Waals surface area contributed by atoms with E-state index in [-0.39, 0.29) is 5.91 Å². The van der Waals surface area contributed by atoms with Crippen molar-refractivity contribution in [3.05, 3.63) is 62.0 Å². The fourth-order valence-electron chi connectivity index (χ4n) is 1.63. The van der Waals surface area contributed by atoms with Crippen molar-refractivity contribution in [1.82, 2.24) is 5.43 Å². The molecule has 0 saturated heterocycles. The third-order valence-corrected chi connectivity index (χ3v) is 5.24. The maximum Gasteiger partial charge on any atom is 0.265 e. The summed E-state index contributed by atoms with van der Waals surface area (Å²) in [5, 5.41) is 1.32. The monoisotopic (exact) mass is 404 g/mol. The molecule has 0 atom stereocenters. The standard InChI is InChI=1S/C14H11BrCl2N2OS/c15-11-5-8(14(20)19-18)1-2-9(11)7-21-13-6-10(16)3-4-12(13)17/h1-6H,7,18H2,(H,19,20). The van der Waals surface area contributed by atoms with Crippen molar-refractivity contribution in [3.63, 3.8) is 0 Å². The van der Waals surface area contributed by atoms with Gasteiger partial charge in [0.1, 0.15) is 0 Å². The number of nitrogens with two attached hydrogens (primary N) is 1. The van der Waals surface area contributed by atoms with Gasteiger partial charge >= 0.3 is 0 Å². The number of benzene rings is 2. The van der Waals surface area contributed by atoms with Crippen LogP contribution in [0.15, 0.2) is 45.8 Å². The Bertz CT molecular complexity index is 682. The number of hydrogen-bond donors (Lipinski definition) is 2. The van der Waals surface area contributed by atoms with Crippen LogP contribution in [0.4, 0.5) is 0 Å². The SMILES string of the molecule is NNC(=O)c1ccc(CSc2cc(Cl)ccc2Cl)c(Br)c1. The Morgan fingerprint density at radius 2 is 2.00 bits per heavy atom. The van der Waals surface area contributed by atoms with Crippen molar-refractivity contribution in [3.8, 4) is 0 Å². The predicted molar refractivity (Wildman–Crippen MR) is 91.8 cm³/mol. The lowest BCUT2D eigenvalue weighted by molar-refractivity contribution is 0.0953. The molecule has 2 rings (SSSR count). The van der Waals surface area contributed by atoms with Crippen molar-refractivity contribution in [2.75, 3.05) is 0 Å². The summed E-state index contributed by atoms with van der Waals surface area (Å²) >= 11 is 17.1. The van der Waals surface area contributed by atoms with Gasteiger partial charge in [-0.25, -0.2) is 5.84 Å². The normalized spacial score (nSPS) is 10.5. The highest BCUT2D eigenvalue weighted by atomic mass is 79.9. The molecule has 0 spiro atoms. The summed E-state index contributed by atoms with van der Waals surface area (Å²) in [7, 11) is 0. The van der Waals surface area contributed by atoms with Gasteiger partial charge in [0, 0.05) is 25.7 Å². The number of rotatable bonds is 4. The number of nitrogen functional groups attached to an aromatic ring is 1. The minimum absolute atomic E-state index is 0.326. The van der Waals surface area contributed by atoms with Gasteiger partial charge < -0.3 is 0 Å².